The van der Waals surface area contributed by atoms with Crippen LogP contribution in [0.4, 0.5) is 11.6 Å². The van der Waals surface area contributed by atoms with Gasteiger partial charge in [0.2, 0.25) is 0 Å². The number of H-pyrrole nitrogens is 1. The SMILES string of the molecule is Nc1nccn2c(C3CCCN(Cc4ccc[nH]4)C3)nc(-c3ccc(C(=O)Nc4cc(C5CC5)ccn4)cc3)c12. The Morgan fingerprint density at radius 1 is 1.05 bits per heavy atom. The summed E-state index contributed by atoms with van der Waals surface area (Å²) in [6, 6.07) is 15.7. The number of carbonyl (C=O) groups excluding carboxylic acids is 1. The van der Waals surface area contributed by atoms with Crippen LogP contribution in [0.1, 0.15) is 65.0 Å². The molecule has 1 amide bonds. The number of fused-ring (bicyclic) bond motifs is 1. The largest absolute Gasteiger partial charge is 0.382 e. The Bertz CT molecular complexity index is 1650. The third-order valence-electron chi connectivity index (χ3n) is 8.03. The van der Waals surface area contributed by atoms with Crippen LogP contribution in [0.25, 0.3) is 16.8 Å². The molecule has 9 heteroatoms. The zero-order valence-corrected chi connectivity index (χ0v) is 22.3. The average molecular weight is 533 g/mol. The van der Waals surface area contributed by atoms with Crippen LogP contribution < -0.4 is 11.1 Å². The molecule has 9 nitrogen and oxygen atoms in total. The molecule has 2 fully saturated rings. The summed E-state index contributed by atoms with van der Waals surface area (Å²) in [7, 11) is 0. The van der Waals surface area contributed by atoms with Crippen molar-refractivity contribution < 1.29 is 4.79 Å². The van der Waals surface area contributed by atoms with Gasteiger partial charge in [-0.1, -0.05) is 12.1 Å². The van der Waals surface area contributed by atoms with E-state index in [0.29, 0.717) is 23.1 Å². The van der Waals surface area contributed by atoms with Crippen molar-refractivity contribution in [3.8, 4) is 11.3 Å². The number of likely N-dealkylation sites (tertiary alicyclic amines) is 1. The number of nitrogen functional groups attached to an aromatic ring is 1. The molecule has 202 valence electrons. The molecule has 4 N–H and O–H groups in total. The van der Waals surface area contributed by atoms with E-state index < -0.39 is 0 Å². The van der Waals surface area contributed by atoms with Crippen molar-refractivity contribution in [2.75, 3.05) is 24.1 Å². The number of hydrogen-bond acceptors (Lipinski definition) is 6. The minimum atomic E-state index is -0.187. The highest BCUT2D eigenvalue weighted by molar-refractivity contribution is 6.04. The van der Waals surface area contributed by atoms with Gasteiger partial charge >= 0.3 is 0 Å². The van der Waals surface area contributed by atoms with E-state index in [-0.39, 0.29) is 11.8 Å². The molecule has 1 aliphatic heterocycles. The second kappa shape index (κ2) is 10.2. The van der Waals surface area contributed by atoms with Crippen molar-refractivity contribution in [3.05, 3.63) is 96.0 Å². The number of piperidine rings is 1. The number of hydrogen-bond donors (Lipinski definition) is 3. The monoisotopic (exact) mass is 532 g/mol. The standard InChI is InChI=1S/C31H32N8O/c32-29-28-27(21-7-9-22(10-8-21)31(40)36-26-17-23(11-13-34-26)20-5-6-20)37-30(39(28)16-14-35-29)24-3-2-15-38(18-24)19-25-4-1-12-33-25/h1,4,7-14,16-17,20,24,33H,2-3,5-6,15,18-19H2,(H2,32,35)(H,34,36,40). The molecular formula is C31H32N8O. The second-order valence-corrected chi connectivity index (χ2v) is 10.9. The summed E-state index contributed by atoms with van der Waals surface area (Å²) in [6.45, 7) is 2.89. The Morgan fingerprint density at radius 3 is 2.73 bits per heavy atom. The first-order chi connectivity index (χ1) is 19.6. The lowest BCUT2D eigenvalue weighted by Gasteiger charge is -2.31. The molecule has 5 heterocycles. The van der Waals surface area contributed by atoms with E-state index in [1.165, 1.54) is 24.1 Å². The predicted molar refractivity (Wildman–Crippen MR) is 155 cm³/mol. The summed E-state index contributed by atoms with van der Waals surface area (Å²) in [4.78, 5) is 32.6. The van der Waals surface area contributed by atoms with Gasteiger partial charge in [0.25, 0.3) is 5.91 Å². The van der Waals surface area contributed by atoms with Gasteiger partial charge in [-0.25, -0.2) is 15.0 Å². The Morgan fingerprint density at radius 2 is 1.93 bits per heavy atom. The van der Waals surface area contributed by atoms with Gasteiger partial charge in [-0.05, 0) is 80.1 Å². The maximum absolute atomic E-state index is 13.0. The molecule has 1 aromatic carbocycles. The highest BCUT2D eigenvalue weighted by Crippen LogP contribution is 2.40. The maximum Gasteiger partial charge on any atom is 0.256 e. The lowest BCUT2D eigenvalue weighted by molar-refractivity contribution is 0.102. The Labute approximate surface area is 232 Å². The molecule has 7 rings (SSSR count). The molecule has 5 aromatic rings. The number of nitrogens with one attached hydrogen (secondary N) is 2. The summed E-state index contributed by atoms with van der Waals surface area (Å²) < 4.78 is 2.10. The van der Waals surface area contributed by atoms with Crippen LogP contribution in [-0.2, 0) is 6.54 Å². The number of aromatic nitrogens is 5. The number of imidazole rings is 1. The number of anilines is 2. The fourth-order valence-electron chi connectivity index (χ4n) is 5.85. The van der Waals surface area contributed by atoms with Crippen LogP contribution >= 0.6 is 0 Å². The minimum absolute atomic E-state index is 0.187. The lowest BCUT2D eigenvalue weighted by Crippen LogP contribution is -2.34. The van der Waals surface area contributed by atoms with E-state index in [4.69, 9.17) is 10.7 Å². The molecule has 4 aromatic heterocycles. The van der Waals surface area contributed by atoms with E-state index >= 15 is 0 Å². The van der Waals surface area contributed by atoms with Crippen LogP contribution in [0.5, 0.6) is 0 Å². The van der Waals surface area contributed by atoms with Gasteiger partial charge in [-0.2, -0.15) is 0 Å². The van der Waals surface area contributed by atoms with Crippen molar-refractivity contribution in [2.24, 2.45) is 0 Å². The van der Waals surface area contributed by atoms with Crippen LogP contribution in [0.3, 0.4) is 0 Å². The smallest absolute Gasteiger partial charge is 0.256 e. The summed E-state index contributed by atoms with van der Waals surface area (Å²) in [5.41, 5.74) is 11.9. The van der Waals surface area contributed by atoms with E-state index in [9.17, 15) is 4.79 Å². The summed E-state index contributed by atoms with van der Waals surface area (Å²) in [6.07, 6.45) is 12.0. The van der Waals surface area contributed by atoms with Gasteiger partial charge in [-0.3, -0.25) is 14.1 Å². The zero-order chi connectivity index (χ0) is 27.1. The third kappa shape index (κ3) is 4.84. The highest BCUT2D eigenvalue weighted by atomic mass is 16.1. The van der Waals surface area contributed by atoms with Gasteiger partial charge in [0, 0.05) is 60.6 Å². The average Bonchev–Trinajstić information content (AvgIpc) is 3.57. The van der Waals surface area contributed by atoms with Crippen LogP contribution in [0, 0.1) is 0 Å². The number of carbonyl (C=O) groups is 1. The lowest BCUT2D eigenvalue weighted by atomic mass is 9.97. The quantitative estimate of drug-likeness (QED) is 0.265. The fourth-order valence-corrected chi connectivity index (χ4v) is 5.85. The molecule has 1 atom stereocenters. The Balaban J connectivity index is 1.14. The maximum atomic E-state index is 13.0. The van der Waals surface area contributed by atoms with Crippen molar-refractivity contribution in [2.45, 2.75) is 44.1 Å². The van der Waals surface area contributed by atoms with Crippen molar-refractivity contribution in [3.63, 3.8) is 0 Å². The third-order valence-corrected chi connectivity index (χ3v) is 8.03. The number of nitrogens with two attached hydrogens (primary N) is 1. The molecule has 1 saturated heterocycles. The normalized spacial score (nSPS) is 17.8. The topological polar surface area (TPSA) is 117 Å². The number of rotatable bonds is 7. The first-order valence-corrected chi connectivity index (χ1v) is 14.0. The van der Waals surface area contributed by atoms with Crippen molar-refractivity contribution >= 4 is 23.1 Å². The number of pyridine rings is 1. The summed E-state index contributed by atoms with van der Waals surface area (Å²) in [5.74, 6) is 2.71. The molecule has 1 aliphatic carbocycles. The van der Waals surface area contributed by atoms with Crippen LogP contribution in [-0.4, -0.2) is 48.2 Å². The summed E-state index contributed by atoms with van der Waals surface area (Å²) >= 11 is 0. The van der Waals surface area contributed by atoms with E-state index in [0.717, 1.165) is 55.1 Å². The predicted octanol–water partition coefficient (Wildman–Crippen LogP) is 5.21. The molecular weight excluding hydrogens is 500 g/mol. The molecule has 40 heavy (non-hydrogen) atoms. The van der Waals surface area contributed by atoms with E-state index in [1.807, 2.05) is 54.9 Å². The second-order valence-electron chi connectivity index (χ2n) is 10.9. The number of benzene rings is 1. The van der Waals surface area contributed by atoms with Gasteiger partial charge < -0.3 is 16.0 Å². The van der Waals surface area contributed by atoms with Crippen molar-refractivity contribution in [1.29, 1.82) is 0 Å². The van der Waals surface area contributed by atoms with Crippen LogP contribution in [0.15, 0.2) is 73.3 Å². The van der Waals surface area contributed by atoms with E-state index in [2.05, 4.69) is 35.6 Å². The van der Waals surface area contributed by atoms with E-state index in [1.54, 1.807) is 12.4 Å². The number of amides is 1. The fraction of sp³-hybridized carbons (Fsp3) is 0.290. The molecule has 0 spiro atoms. The summed E-state index contributed by atoms with van der Waals surface area (Å²) in [5, 5.41) is 2.94. The molecule has 1 saturated carbocycles. The van der Waals surface area contributed by atoms with Gasteiger partial charge in [0.1, 0.15) is 28.7 Å². The van der Waals surface area contributed by atoms with Crippen LogP contribution in [0.2, 0.25) is 0 Å². The van der Waals surface area contributed by atoms with Crippen molar-refractivity contribution in [1.82, 2.24) is 29.2 Å². The molecule has 0 radical (unpaired) electrons. The van der Waals surface area contributed by atoms with Gasteiger partial charge in [0.05, 0.1) is 0 Å². The number of aromatic amines is 1. The Hall–Kier alpha value is -4.50. The first kappa shape index (κ1) is 24.5. The molecule has 0 bridgehead atoms. The Kier molecular flexibility index (Phi) is 6.28. The zero-order valence-electron chi connectivity index (χ0n) is 22.3. The first-order valence-electron chi connectivity index (χ1n) is 14.0. The van der Waals surface area contributed by atoms with Gasteiger partial charge in [0.15, 0.2) is 0 Å². The molecule has 2 aliphatic rings. The number of nitrogens with zero attached hydrogens (tertiary/aromatic N) is 5. The highest BCUT2D eigenvalue weighted by Gasteiger charge is 2.28. The molecule has 1 unspecified atom stereocenters. The van der Waals surface area contributed by atoms with Gasteiger partial charge in [-0.15, -0.1) is 0 Å². The minimum Gasteiger partial charge on any atom is -0.382 e.